The van der Waals surface area contributed by atoms with Crippen molar-refractivity contribution in [3.05, 3.63) is 0 Å². The van der Waals surface area contributed by atoms with Gasteiger partial charge in [0.1, 0.15) is 5.54 Å². The molecule has 0 bridgehead atoms. The molecule has 1 unspecified atom stereocenters. The zero-order valence-corrected chi connectivity index (χ0v) is 6.74. The van der Waals surface area contributed by atoms with Crippen LogP contribution >= 0.6 is 0 Å². The zero-order chi connectivity index (χ0) is 9.78. The molecule has 0 spiro atoms. The van der Waals surface area contributed by atoms with Crippen LogP contribution in [0.25, 0.3) is 0 Å². The lowest BCUT2D eigenvalue weighted by molar-refractivity contribution is -0.150. The molecule has 0 saturated carbocycles. The van der Waals surface area contributed by atoms with Crippen molar-refractivity contribution in [2.75, 3.05) is 0 Å². The zero-order valence-electron chi connectivity index (χ0n) is 6.74. The van der Waals surface area contributed by atoms with Crippen LogP contribution in [0.2, 0.25) is 0 Å². The number of carbonyl (C=O) groups is 2. The van der Waals surface area contributed by atoms with Crippen LogP contribution in [0.1, 0.15) is 19.8 Å². The van der Waals surface area contributed by atoms with E-state index in [-0.39, 0.29) is 12.8 Å². The highest BCUT2D eigenvalue weighted by atomic mass is 16.7. The Hall–Kier alpha value is -1.14. The predicted molar refractivity (Wildman–Crippen MR) is 39.7 cm³/mol. The third-order valence-electron chi connectivity index (χ3n) is 1.43. The van der Waals surface area contributed by atoms with Gasteiger partial charge in [-0.2, -0.15) is 5.90 Å². The van der Waals surface area contributed by atoms with Gasteiger partial charge in [-0.05, 0) is 13.3 Å². The number of rotatable bonds is 4. The molecule has 0 heterocycles. The first-order chi connectivity index (χ1) is 5.40. The molecule has 70 valence electrons. The molecule has 0 aromatic rings. The molecule has 0 fully saturated rings. The van der Waals surface area contributed by atoms with Gasteiger partial charge < -0.3 is 15.7 Å². The van der Waals surface area contributed by atoms with Crippen molar-refractivity contribution in [3.8, 4) is 0 Å². The van der Waals surface area contributed by atoms with Crippen molar-refractivity contribution in [3.63, 3.8) is 0 Å². The number of carboxylic acids is 1. The molecule has 0 radical (unpaired) electrons. The Morgan fingerprint density at radius 3 is 2.42 bits per heavy atom. The molecule has 1 atom stereocenters. The van der Waals surface area contributed by atoms with E-state index >= 15 is 0 Å². The van der Waals surface area contributed by atoms with Gasteiger partial charge in [-0.1, -0.05) is 0 Å². The monoisotopic (exact) mass is 176 g/mol. The first kappa shape index (κ1) is 10.9. The fraction of sp³-hybridized carbons (Fsp3) is 0.667. The quantitative estimate of drug-likeness (QED) is 0.472. The molecule has 0 aromatic heterocycles. The molecule has 12 heavy (non-hydrogen) atoms. The number of carbonyl (C=O) groups excluding carboxylic acids is 1. The van der Waals surface area contributed by atoms with Gasteiger partial charge in [-0.3, -0.25) is 4.79 Å². The van der Waals surface area contributed by atoms with E-state index in [4.69, 9.17) is 10.8 Å². The van der Waals surface area contributed by atoms with Crippen LogP contribution in [0.4, 0.5) is 0 Å². The van der Waals surface area contributed by atoms with Crippen LogP contribution in [0.15, 0.2) is 0 Å². The second kappa shape index (κ2) is 4.03. The van der Waals surface area contributed by atoms with Crippen molar-refractivity contribution >= 4 is 11.9 Å². The molecule has 6 heteroatoms. The summed E-state index contributed by atoms with van der Waals surface area (Å²) in [6, 6.07) is 0. The Labute approximate surface area is 69.4 Å². The average Bonchev–Trinajstić information content (AvgIpc) is 1.99. The highest BCUT2D eigenvalue weighted by Crippen LogP contribution is 2.09. The Morgan fingerprint density at radius 1 is 1.58 bits per heavy atom. The van der Waals surface area contributed by atoms with Crippen LogP contribution in [-0.4, -0.2) is 22.6 Å². The molecular formula is C6H12N2O4. The van der Waals surface area contributed by atoms with E-state index in [0.29, 0.717) is 0 Å². The van der Waals surface area contributed by atoms with Gasteiger partial charge in [-0.15, -0.1) is 0 Å². The predicted octanol–water partition coefficient (Wildman–Crippen LogP) is -1.01. The molecule has 0 amide bonds. The Balaban J connectivity index is 4.03. The van der Waals surface area contributed by atoms with E-state index in [1.807, 2.05) is 0 Å². The average molecular weight is 176 g/mol. The molecule has 0 rings (SSSR count). The van der Waals surface area contributed by atoms with Gasteiger partial charge in [0.2, 0.25) is 0 Å². The van der Waals surface area contributed by atoms with Crippen molar-refractivity contribution in [1.82, 2.24) is 0 Å². The molecule has 5 N–H and O–H groups in total. The summed E-state index contributed by atoms with van der Waals surface area (Å²) in [6.45, 7) is 1.37. The highest BCUT2D eigenvalue weighted by molar-refractivity contribution is 5.80. The van der Waals surface area contributed by atoms with E-state index in [1.54, 1.807) is 0 Å². The number of hydrogen-bond acceptors (Lipinski definition) is 5. The summed E-state index contributed by atoms with van der Waals surface area (Å²) in [5, 5.41) is 8.29. The molecule has 0 aromatic carbocycles. The van der Waals surface area contributed by atoms with Crippen molar-refractivity contribution in [2.45, 2.75) is 25.3 Å². The maximum Gasteiger partial charge on any atom is 0.344 e. The van der Waals surface area contributed by atoms with Crippen LogP contribution in [0.3, 0.4) is 0 Å². The third kappa shape index (κ3) is 3.31. The SMILES string of the molecule is CC(N)(CCC(=O)O)C(=O)ON. The van der Waals surface area contributed by atoms with Gasteiger partial charge in [-0.25, -0.2) is 4.79 Å². The Morgan fingerprint density at radius 2 is 2.08 bits per heavy atom. The third-order valence-corrected chi connectivity index (χ3v) is 1.43. The van der Waals surface area contributed by atoms with E-state index in [1.165, 1.54) is 6.92 Å². The summed E-state index contributed by atoms with van der Waals surface area (Å²) < 4.78 is 0. The van der Waals surface area contributed by atoms with Crippen molar-refractivity contribution < 1.29 is 19.5 Å². The summed E-state index contributed by atoms with van der Waals surface area (Å²) in [5.41, 5.74) is 4.07. The smallest absolute Gasteiger partial charge is 0.344 e. The standard InChI is InChI=1S/C6H12N2O4/c1-6(7,5(11)12-8)3-2-4(9)10/h2-3,7-8H2,1H3,(H,9,10). The van der Waals surface area contributed by atoms with Crippen molar-refractivity contribution in [1.29, 1.82) is 0 Å². The topological polar surface area (TPSA) is 116 Å². The largest absolute Gasteiger partial charge is 0.481 e. The summed E-state index contributed by atoms with van der Waals surface area (Å²) >= 11 is 0. The second-order valence-corrected chi connectivity index (χ2v) is 2.72. The molecule has 0 aliphatic rings. The number of carboxylic acid groups (broad SMARTS) is 1. The molecule has 0 saturated heterocycles. The Kier molecular flexibility index (Phi) is 3.65. The van der Waals surface area contributed by atoms with Gasteiger partial charge >= 0.3 is 11.9 Å². The fourth-order valence-corrected chi connectivity index (χ4v) is 0.603. The highest BCUT2D eigenvalue weighted by Gasteiger charge is 2.30. The van der Waals surface area contributed by atoms with Crippen LogP contribution in [-0.2, 0) is 14.4 Å². The van der Waals surface area contributed by atoms with Crippen LogP contribution in [0.5, 0.6) is 0 Å². The lowest BCUT2D eigenvalue weighted by Crippen LogP contribution is -2.47. The van der Waals surface area contributed by atoms with E-state index < -0.39 is 17.5 Å². The first-order valence-corrected chi connectivity index (χ1v) is 3.32. The second-order valence-electron chi connectivity index (χ2n) is 2.72. The minimum atomic E-state index is -1.33. The normalized spacial score (nSPS) is 14.9. The lowest BCUT2D eigenvalue weighted by atomic mass is 9.98. The summed E-state index contributed by atoms with van der Waals surface area (Å²) in [5.74, 6) is 2.75. The minimum Gasteiger partial charge on any atom is -0.481 e. The number of aliphatic carboxylic acids is 1. The van der Waals surface area contributed by atoms with Crippen LogP contribution in [0, 0.1) is 0 Å². The minimum absolute atomic E-state index is 0.00162. The van der Waals surface area contributed by atoms with E-state index in [0.717, 1.165) is 0 Å². The van der Waals surface area contributed by atoms with Gasteiger partial charge in [0.15, 0.2) is 0 Å². The lowest BCUT2D eigenvalue weighted by Gasteiger charge is -2.19. The molecule has 0 aliphatic heterocycles. The molecule has 0 aliphatic carbocycles. The molecular weight excluding hydrogens is 164 g/mol. The fourth-order valence-electron chi connectivity index (χ4n) is 0.603. The van der Waals surface area contributed by atoms with Gasteiger partial charge in [0, 0.05) is 6.42 Å². The maximum atomic E-state index is 10.8. The summed E-state index contributed by atoms with van der Waals surface area (Å²) in [4.78, 5) is 24.8. The number of nitrogens with two attached hydrogens (primary N) is 2. The van der Waals surface area contributed by atoms with Gasteiger partial charge in [0.05, 0.1) is 0 Å². The van der Waals surface area contributed by atoms with E-state index in [2.05, 4.69) is 10.7 Å². The van der Waals surface area contributed by atoms with Gasteiger partial charge in [0.25, 0.3) is 0 Å². The van der Waals surface area contributed by atoms with E-state index in [9.17, 15) is 9.59 Å². The summed E-state index contributed by atoms with van der Waals surface area (Å²) in [6.07, 6.45) is -0.194. The van der Waals surface area contributed by atoms with Crippen LogP contribution < -0.4 is 11.6 Å². The first-order valence-electron chi connectivity index (χ1n) is 3.32. The number of hydrogen-bond donors (Lipinski definition) is 3. The molecule has 6 nitrogen and oxygen atoms in total. The Bertz CT molecular complexity index is 190. The maximum absolute atomic E-state index is 10.8. The summed E-state index contributed by atoms with van der Waals surface area (Å²) in [7, 11) is 0. The van der Waals surface area contributed by atoms with Crippen molar-refractivity contribution in [2.24, 2.45) is 11.6 Å².